The van der Waals surface area contributed by atoms with E-state index in [1.165, 1.54) is 0 Å². The van der Waals surface area contributed by atoms with Crippen LogP contribution in [0.25, 0.3) is 0 Å². The van der Waals surface area contributed by atoms with E-state index in [0.29, 0.717) is 23.7 Å². The normalized spacial score (nSPS) is 23.3. The van der Waals surface area contributed by atoms with Crippen molar-refractivity contribution in [2.75, 3.05) is 25.7 Å². The maximum absolute atomic E-state index is 9.19. The lowest BCUT2D eigenvalue weighted by atomic mass is 9.88. The summed E-state index contributed by atoms with van der Waals surface area (Å²) in [5, 5.41) is 9.19. The Morgan fingerprint density at radius 1 is 0.926 bits per heavy atom. The van der Waals surface area contributed by atoms with E-state index in [9.17, 15) is 5.11 Å². The molecule has 2 rings (SSSR count). The van der Waals surface area contributed by atoms with Gasteiger partial charge in [0.25, 0.3) is 0 Å². The third-order valence-electron chi connectivity index (χ3n) is 4.12. The van der Waals surface area contributed by atoms with Crippen LogP contribution in [0.3, 0.4) is 0 Å². The number of rotatable bonds is 8. The first-order chi connectivity index (χ1) is 12.4. The lowest BCUT2D eigenvalue weighted by Crippen LogP contribution is -2.22. The van der Waals surface area contributed by atoms with Gasteiger partial charge < -0.3 is 19.3 Å². The molecule has 2 heterocycles. The van der Waals surface area contributed by atoms with Crippen molar-refractivity contribution in [3.63, 3.8) is 0 Å². The fourth-order valence-corrected chi connectivity index (χ4v) is 2.62. The quantitative estimate of drug-likeness (QED) is 0.474. The van der Waals surface area contributed by atoms with Gasteiger partial charge in [-0.05, 0) is 36.5 Å². The van der Waals surface area contributed by atoms with Crippen LogP contribution in [-0.4, -0.2) is 55.2 Å². The SMILES string of the molecule is CCC(CC(C)(C)C)OCC1CO1.CCC(O)CC(C)(C)C.[ClH+]CC1CO1. The van der Waals surface area contributed by atoms with Gasteiger partial charge in [-0.3, -0.25) is 0 Å². The lowest BCUT2D eigenvalue weighted by Gasteiger charge is -2.25. The number of hydrogen-bond donors (Lipinski definition) is 1. The minimum atomic E-state index is -0.106. The van der Waals surface area contributed by atoms with Crippen molar-refractivity contribution in [3.05, 3.63) is 0 Å². The van der Waals surface area contributed by atoms with E-state index >= 15 is 0 Å². The Bertz CT molecular complexity index is 354. The van der Waals surface area contributed by atoms with Gasteiger partial charge >= 0.3 is 0 Å². The smallest absolute Gasteiger partial charge is 0.198 e. The fourth-order valence-electron chi connectivity index (χ4n) is 2.43. The van der Waals surface area contributed by atoms with E-state index in [0.717, 1.165) is 51.4 Å². The zero-order valence-corrected chi connectivity index (χ0v) is 19.9. The van der Waals surface area contributed by atoms with Crippen molar-refractivity contribution in [2.24, 2.45) is 10.8 Å². The van der Waals surface area contributed by atoms with Crippen molar-refractivity contribution < 1.29 is 30.9 Å². The summed E-state index contributed by atoms with van der Waals surface area (Å²) < 4.78 is 15.6. The molecule has 4 unspecified atom stereocenters. The van der Waals surface area contributed by atoms with Crippen LogP contribution >= 0.6 is 0 Å². The average molecular weight is 410 g/mol. The van der Waals surface area contributed by atoms with Crippen molar-refractivity contribution >= 4 is 0 Å². The Kier molecular flexibility index (Phi) is 13.4. The van der Waals surface area contributed by atoms with Crippen molar-refractivity contribution in [2.45, 2.75) is 105 Å². The van der Waals surface area contributed by atoms with Crippen molar-refractivity contribution in [1.29, 1.82) is 0 Å². The van der Waals surface area contributed by atoms with Crippen LogP contribution in [0.15, 0.2) is 0 Å². The molecule has 0 aromatic heterocycles. The second kappa shape index (κ2) is 13.4. The van der Waals surface area contributed by atoms with Gasteiger partial charge in [-0.15, -0.1) is 0 Å². The summed E-state index contributed by atoms with van der Waals surface area (Å²) in [6.07, 6.45) is 5.16. The van der Waals surface area contributed by atoms with E-state index in [2.05, 4.69) is 60.1 Å². The first-order valence-corrected chi connectivity index (χ1v) is 11.1. The molecule has 2 aliphatic heterocycles. The molecule has 0 saturated carbocycles. The molecule has 0 aromatic carbocycles. The van der Waals surface area contributed by atoms with Crippen LogP contribution in [0.4, 0.5) is 0 Å². The largest absolute Gasteiger partial charge is 0.393 e. The summed E-state index contributed by atoms with van der Waals surface area (Å²) >= 11 is 4.61. The summed E-state index contributed by atoms with van der Waals surface area (Å²) in [4.78, 5) is 0. The van der Waals surface area contributed by atoms with Crippen LogP contribution in [0.2, 0.25) is 0 Å². The minimum Gasteiger partial charge on any atom is -0.393 e. The molecule has 27 heavy (non-hydrogen) atoms. The Balaban J connectivity index is 0.000000416. The highest BCUT2D eigenvalue weighted by molar-refractivity contribution is 4.72. The number of epoxide rings is 2. The fraction of sp³-hybridized carbons (Fsp3) is 1.00. The van der Waals surface area contributed by atoms with Gasteiger partial charge in [0.05, 0.1) is 32.0 Å². The number of aliphatic hydroxyl groups excluding tert-OH is 1. The number of hydrogen-bond acceptors (Lipinski definition) is 4. The molecule has 0 radical (unpaired) electrons. The summed E-state index contributed by atoms with van der Waals surface area (Å²) in [5.41, 5.74) is 0.639. The molecule has 2 aliphatic rings. The second-order valence-electron chi connectivity index (χ2n) is 10.0. The van der Waals surface area contributed by atoms with Gasteiger partial charge in [-0.25, -0.2) is 0 Å². The topological polar surface area (TPSA) is 54.5 Å². The molecular weight excluding hydrogens is 364 g/mol. The van der Waals surface area contributed by atoms with E-state index in [1.54, 1.807) is 0 Å². The van der Waals surface area contributed by atoms with Crippen LogP contribution in [0.5, 0.6) is 0 Å². The second-order valence-corrected chi connectivity index (χ2v) is 10.4. The summed E-state index contributed by atoms with van der Waals surface area (Å²) in [7, 11) is 0. The Morgan fingerprint density at radius 3 is 1.63 bits per heavy atom. The van der Waals surface area contributed by atoms with Gasteiger partial charge in [-0.2, -0.15) is 0 Å². The molecule has 1 N–H and O–H groups in total. The number of alkyl halides is 1. The highest BCUT2D eigenvalue weighted by Gasteiger charge is 2.25. The predicted molar refractivity (Wildman–Crippen MR) is 110 cm³/mol. The van der Waals surface area contributed by atoms with Crippen LogP contribution in [0, 0.1) is 22.4 Å². The van der Waals surface area contributed by atoms with Gasteiger partial charge in [0, 0.05) is 0 Å². The first-order valence-electron chi connectivity index (χ1n) is 10.5. The molecule has 5 heteroatoms. The maximum Gasteiger partial charge on any atom is 0.198 e. The molecule has 0 spiro atoms. The molecule has 0 aliphatic carbocycles. The first kappa shape index (κ1) is 27.1. The van der Waals surface area contributed by atoms with Crippen LogP contribution in [-0.2, 0) is 14.2 Å². The molecule has 4 atom stereocenters. The summed E-state index contributed by atoms with van der Waals surface area (Å²) in [6, 6.07) is 0. The zero-order chi connectivity index (χ0) is 21.1. The maximum atomic E-state index is 9.19. The molecule has 2 saturated heterocycles. The highest BCUT2D eigenvalue weighted by atomic mass is 35.5. The predicted octanol–water partition coefficient (Wildman–Crippen LogP) is 4.48. The van der Waals surface area contributed by atoms with Crippen LogP contribution < -0.4 is 0 Å². The summed E-state index contributed by atoms with van der Waals surface area (Å²) in [5.74, 6) is 0.778. The van der Waals surface area contributed by atoms with Gasteiger partial charge in [-0.1, -0.05) is 55.4 Å². The average Bonchev–Trinajstić information content (AvgIpc) is 3.43. The molecule has 0 aromatic rings. The number of ether oxygens (including phenoxy) is 3. The monoisotopic (exact) mass is 409 g/mol. The third kappa shape index (κ3) is 20.7. The van der Waals surface area contributed by atoms with Gasteiger partial charge in [0.15, 0.2) is 5.88 Å². The standard InChI is InChI=1S/C11H22O2.C8H18O.C3H6ClO/c1-5-9(6-11(2,3)4)12-7-10-8-13-10;1-5-7(9)6-8(2,3)4;4-1-3-2-5-3/h9-10H,5-8H2,1-4H3;7,9H,5-6H2,1-4H3;3-4H,1-2H2/q;;+1. The molecule has 0 bridgehead atoms. The number of aliphatic hydroxyl groups is 1. The molecule has 0 amide bonds. The Labute approximate surface area is 173 Å². The van der Waals surface area contributed by atoms with Crippen LogP contribution in [0.1, 0.15) is 81.1 Å². The number of halogens is 1. The Hall–Kier alpha value is 0.130. The summed E-state index contributed by atoms with van der Waals surface area (Å²) in [6.45, 7) is 20.0. The Morgan fingerprint density at radius 2 is 1.41 bits per heavy atom. The molecule has 4 nitrogen and oxygen atoms in total. The van der Waals surface area contributed by atoms with Gasteiger partial charge in [0.1, 0.15) is 23.8 Å². The zero-order valence-electron chi connectivity index (χ0n) is 19.0. The molecule has 2 fully saturated rings. The molecular formula is C22H46ClO4+. The highest BCUT2D eigenvalue weighted by Crippen LogP contribution is 2.24. The lowest BCUT2D eigenvalue weighted by molar-refractivity contribution is -0.370. The molecule has 164 valence electrons. The van der Waals surface area contributed by atoms with E-state index in [1.807, 2.05) is 6.92 Å². The third-order valence-corrected chi connectivity index (χ3v) is 4.49. The van der Waals surface area contributed by atoms with Crippen molar-refractivity contribution in [1.82, 2.24) is 0 Å². The van der Waals surface area contributed by atoms with Crippen molar-refractivity contribution in [3.8, 4) is 0 Å². The van der Waals surface area contributed by atoms with Gasteiger partial charge in [0.2, 0.25) is 0 Å². The van der Waals surface area contributed by atoms with E-state index < -0.39 is 0 Å². The van der Waals surface area contributed by atoms with E-state index in [-0.39, 0.29) is 11.5 Å². The minimum absolute atomic E-state index is 0.106. The van der Waals surface area contributed by atoms with E-state index in [4.69, 9.17) is 14.2 Å².